The molecule has 1 fully saturated rings. The number of esters is 1. The van der Waals surface area contributed by atoms with Gasteiger partial charge in [0, 0.05) is 42.5 Å². The minimum absolute atomic E-state index is 0.00903. The highest BCUT2D eigenvalue weighted by molar-refractivity contribution is 6.31. The lowest BCUT2D eigenvalue weighted by molar-refractivity contribution is -0.141. The molecule has 0 saturated carbocycles. The van der Waals surface area contributed by atoms with Crippen LogP contribution in [0, 0.1) is 12.7 Å². The Hall–Kier alpha value is -3.78. The highest BCUT2D eigenvalue weighted by Gasteiger charge is 2.39. The summed E-state index contributed by atoms with van der Waals surface area (Å²) >= 11 is 6.44. The first-order valence-corrected chi connectivity index (χ1v) is 12.9. The molecule has 0 amide bonds. The van der Waals surface area contributed by atoms with Gasteiger partial charge >= 0.3 is 5.97 Å². The van der Waals surface area contributed by atoms with Gasteiger partial charge in [-0.3, -0.25) is 4.79 Å². The molecule has 7 nitrogen and oxygen atoms in total. The molecule has 1 atom stereocenters. The molecule has 2 aliphatic rings. The van der Waals surface area contributed by atoms with Crippen molar-refractivity contribution in [2.75, 3.05) is 50.2 Å². The summed E-state index contributed by atoms with van der Waals surface area (Å²) in [4.78, 5) is 23.9. The Morgan fingerprint density at radius 1 is 1.03 bits per heavy atom. The number of hydrogen-bond acceptors (Lipinski definition) is 7. The van der Waals surface area contributed by atoms with Gasteiger partial charge in [-0.05, 0) is 48.9 Å². The summed E-state index contributed by atoms with van der Waals surface area (Å²) in [7, 11) is 2.93. The first-order valence-electron chi connectivity index (χ1n) is 12.5. The van der Waals surface area contributed by atoms with Gasteiger partial charge in [-0.25, -0.2) is 9.38 Å². The molecular formula is C29H30ClFN4O3. The summed E-state index contributed by atoms with van der Waals surface area (Å²) in [6, 6.07) is 18.0. The zero-order valence-corrected chi connectivity index (χ0v) is 22.4. The topological polar surface area (TPSA) is 57.6 Å². The zero-order valence-electron chi connectivity index (χ0n) is 21.7. The van der Waals surface area contributed by atoms with Crippen molar-refractivity contribution < 1.29 is 18.7 Å². The summed E-state index contributed by atoms with van der Waals surface area (Å²) in [6.07, 6.45) is -0.00903. The maximum atomic E-state index is 15.2. The second-order valence-corrected chi connectivity index (χ2v) is 9.82. The number of guanidine groups is 1. The van der Waals surface area contributed by atoms with Crippen LogP contribution in [0.1, 0.15) is 23.6 Å². The normalized spacial score (nSPS) is 17.1. The molecule has 1 saturated heterocycles. The number of aryl methyl sites for hydroxylation is 1. The van der Waals surface area contributed by atoms with E-state index in [0.29, 0.717) is 41.1 Å². The van der Waals surface area contributed by atoms with Crippen molar-refractivity contribution in [2.45, 2.75) is 19.4 Å². The van der Waals surface area contributed by atoms with Gasteiger partial charge in [0.15, 0.2) is 0 Å². The van der Waals surface area contributed by atoms with Crippen molar-refractivity contribution in [2.24, 2.45) is 4.99 Å². The van der Waals surface area contributed by atoms with E-state index in [1.165, 1.54) is 24.4 Å². The van der Waals surface area contributed by atoms with Crippen LogP contribution in [0.4, 0.5) is 21.5 Å². The van der Waals surface area contributed by atoms with Crippen molar-refractivity contribution in [3.63, 3.8) is 0 Å². The van der Waals surface area contributed by atoms with Crippen molar-refractivity contribution in [1.82, 2.24) is 4.90 Å². The molecule has 1 unspecified atom stereocenters. The van der Waals surface area contributed by atoms with Crippen molar-refractivity contribution in [3.8, 4) is 5.75 Å². The Morgan fingerprint density at radius 3 is 2.47 bits per heavy atom. The minimum Gasteiger partial charge on any atom is -0.495 e. The molecular weight excluding hydrogens is 507 g/mol. The molecule has 2 heterocycles. The van der Waals surface area contributed by atoms with Gasteiger partial charge < -0.3 is 24.2 Å². The lowest BCUT2D eigenvalue weighted by Crippen LogP contribution is -2.55. The van der Waals surface area contributed by atoms with Crippen LogP contribution in [-0.2, 0) is 9.53 Å². The first kappa shape index (κ1) is 25.9. The van der Waals surface area contributed by atoms with E-state index in [1.807, 2.05) is 4.90 Å². The van der Waals surface area contributed by atoms with Gasteiger partial charge in [0.1, 0.15) is 17.3 Å². The predicted molar refractivity (Wildman–Crippen MR) is 148 cm³/mol. The number of anilines is 2. The van der Waals surface area contributed by atoms with Crippen LogP contribution in [0.15, 0.2) is 65.7 Å². The number of para-hydroxylation sites is 1. The number of carbonyl (C=O) groups is 1. The smallest absolute Gasteiger partial charge is 0.307 e. The molecule has 0 radical (unpaired) electrons. The van der Waals surface area contributed by atoms with E-state index >= 15 is 4.39 Å². The zero-order chi connectivity index (χ0) is 26.8. The number of halogens is 2. The van der Waals surface area contributed by atoms with E-state index in [2.05, 4.69) is 41.0 Å². The number of carbonyl (C=O) groups excluding carboxylic acids is 1. The Bertz CT molecular complexity index is 1370. The molecule has 2 aliphatic heterocycles. The van der Waals surface area contributed by atoms with Crippen LogP contribution in [0.5, 0.6) is 5.75 Å². The second-order valence-electron chi connectivity index (χ2n) is 9.38. The molecule has 198 valence electrons. The van der Waals surface area contributed by atoms with Gasteiger partial charge in [0.2, 0.25) is 5.96 Å². The molecule has 0 aromatic heterocycles. The number of nitrogens with zero attached hydrogens (tertiary/aromatic N) is 4. The summed E-state index contributed by atoms with van der Waals surface area (Å²) in [5, 5.41) is 0.506. The molecule has 3 aromatic rings. The van der Waals surface area contributed by atoms with Crippen LogP contribution >= 0.6 is 11.6 Å². The van der Waals surface area contributed by atoms with Gasteiger partial charge in [-0.2, -0.15) is 0 Å². The third-order valence-electron chi connectivity index (χ3n) is 7.03. The van der Waals surface area contributed by atoms with Crippen LogP contribution in [0.3, 0.4) is 0 Å². The van der Waals surface area contributed by atoms with Crippen molar-refractivity contribution in [1.29, 1.82) is 0 Å². The van der Waals surface area contributed by atoms with Gasteiger partial charge in [0.05, 0.1) is 32.4 Å². The number of benzene rings is 3. The number of methoxy groups -OCH3 is 2. The van der Waals surface area contributed by atoms with Gasteiger partial charge in [-0.1, -0.05) is 35.9 Å². The number of piperazine rings is 1. The molecule has 0 N–H and O–H groups in total. The number of aliphatic imine (C=N–C) groups is 1. The monoisotopic (exact) mass is 536 g/mol. The molecule has 0 spiro atoms. The maximum Gasteiger partial charge on any atom is 0.307 e. The fraction of sp³-hybridized carbons (Fsp3) is 0.310. The average molecular weight is 537 g/mol. The molecule has 0 bridgehead atoms. The Kier molecular flexibility index (Phi) is 7.42. The Morgan fingerprint density at radius 2 is 1.76 bits per heavy atom. The van der Waals surface area contributed by atoms with E-state index in [0.717, 1.165) is 13.1 Å². The minimum atomic E-state index is -0.581. The van der Waals surface area contributed by atoms with E-state index in [-0.39, 0.29) is 12.1 Å². The van der Waals surface area contributed by atoms with Gasteiger partial charge in [0.25, 0.3) is 0 Å². The number of ether oxygens (including phenoxy) is 2. The predicted octanol–water partition coefficient (Wildman–Crippen LogP) is 5.73. The lowest BCUT2D eigenvalue weighted by atomic mass is 9.97. The summed E-state index contributed by atoms with van der Waals surface area (Å²) in [6.45, 7) is 4.91. The lowest BCUT2D eigenvalue weighted by Gasteiger charge is -2.45. The summed E-state index contributed by atoms with van der Waals surface area (Å²) in [5.41, 5.74) is 3.85. The standard InChI is InChI=1S/C29H30ClFN4O3/c1-19-6-4-7-21(16-19)33-12-14-34(15-13-33)29-32-28-22(8-5-9-23(28)31)24(18-27(36)38-3)35(29)25-17-20(30)10-11-26(25)37-2/h4-11,16-17,24H,12-15,18H2,1-3H3. The molecule has 9 heteroatoms. The van der Waals surface area contributed by atoms with Crippen LogP contribution in [0.2, 0.25) is 5.02 Å². The number of hydrogen-bond donors (Lipinski definition) is 0. The average Bonchev–Trinajstić information content (AvgIpc) is 2.93. The molecule has 38 heavy (non-hydrogen) atoms. The number of rotatable bonds is 5. The first-order chi connectivity index (χ1) is 18.4. The maximum absolute atomic E-state index is 15.2. The molecule has 5 rings (SSSR count). The third-order valence-corrected chi connectivity index (χ3v) is 7.27. The van der Waals surface area contributed by atoms with Gasteiger partial charge in [-0.15, -0.1) is 0 Å². The molecule has 0 aliphatic carbocycles. The van der Waals surface area contributed by atoms with E-state index in [1.54, 1.807) is 37.4 Å². The Balaban J connectivity index is 1.59. The SMILES string of the molecule is COC(=O)CC1c2cccc(F)c2N=C(N2CCN(c3cccc(C)c3)CC2)N1c1cc(Cl)ccc1OC. The van der Waals surface area contributed by atoms with Crippen LogP contribution in [0.25, 0.3) is 0 Å². The second kappa shape index (κ2) is 10.9. The van der Waals surface area contributed by atoms with E-state index < -0.39 is 17.8 Å². The number of fused-ring (bicyclic) bond motifs is 1. The molecule has 3 aromatic carbocycles. The summed E-state index contributed by atoms with van der Waals surface area (Å²) < 4.78 is 25.9. The van der Waals surface area contributed by atoms with Crippen molar-refractivity contribution >= 4 is 40.6 Å². The fourth-order valence-corrected chi connectivity index (χ4v) is 5.30. The van der Waals surface area contributed by atoms with Crippen LogP contribution in [-0.4, -0.2) is 57.2 Å². The largest absolute Gasteiger partial charge is 0.495 e. The third kappa shape index (κ3) is 5.00. The quantitative estimate of drug-likeness (QED) is 0.388. The fourth-order valence-electron chi connectivity index (χ4n) is 5.13. The highest BCUT2D eigenvalue weighted by atomic mass is 35.5. The van der Waals surface area contributed by atoms with E-state index in [4.69, 9.17) is 26.1 Å². The highest BCUT2D eigenvalue weighted by Crippen LogP contribution is 2.45. The van der Waals surface area contributed by atoms with E-state index in [9.17, 15) is 4.79 Å². The Labute approximate surface area is 227 Å². The van der Waals surface area contributed by atoms with Crippen molar-refractivity contribution in [3.05, 3.63) is 82.6 Å². The van der Waals surface area contributed by atoms with Crippen LogP contribution < -0.4 is 14.5 Å². The summed E-state index contributed by atoms with van der Waals surface area (Å²) in [5.74, 6) is 0.254.